The third kappa shape index (κ3) is 2.71. The van der Waals surface area contributed by atoms with Gasteiger partial charge >= 0.3 is 0 Å². The Bertz CT molecular complexity index is 165. The van der Waals surface area contributed by atoms with Gasteiger partial charge in [0.2, 0.25) is 0 Å². The van der Waals surface area contributed by atoms with E-state index in [1.807, 2.05) is 13.4 Å². The third-order valence-electron chi connectivity index (χ3n) is 3.21. The summed E-state index contributed by atoms with van der Waals surface area (Å²) in [4.78, 5) is 6.38. The molecule has 0 amide bonds. The first-order valence-corrected chi connectivity index (χ1v) is 5.43. The third-order valence-corrected chi connectivity index (χ3v) is 3.21. The smallest absolute Gasteiger partial charge is 0.0846 e. The number of rotatable bonds is 3. The number of hydrogen-bond acceptors (Lipinski definition) is 1. The van der Waals surface area contributed by atoms with Gasteiger partial charge in [-0.2, -0.15) is 0 Å². The highest BCUT2D eigenvalue weighted by Crippen LogP contribution is 2.29. The molecule has 0 bridgehead atoms. The lowest BCUT2D eigenvalue weighted by Crippen LogP contribution is -2.39. The van der Waals surface area contributed by atoms with Crippen molar-refractivity contribution >= 4 is 6.34 Å². The number of nitrogens with zero attached hydrogens (tertiary/aromatic N) is 2. The summed E-state index contributed by atoms with van der Waals surface area (Å²) < 4.78 is 0. The first-order chi connectivity index (χ1) is 6.29. The molecule has 0 aliphatic heterocycles. The minimum Gasteiger partial charge on any atom is -0.363 e. The highest BCUT2D eigenvalue weighted by Gasteiger charge is 2.25. The minimum absolute atomic E-state index is 0.738. The fourth-order valence-electron chi connectivity index (χ4n) is 2.47. The molecule has 2 nitrogen and oxygen atoms in total. The number of aliphatic imine (C=N–C) groups is 1. The molecule has 0 saturated heterocycles. The lowest BCUT2D eigenvalue weighted by Gasteiger charge is -2.36. The first kappa shape index (κ1) is 10.6. The average molecular weight is 182 g/mol. The molecule has 1 rings (SSSR count). The maximum atomic E-state index is 4.08. The van der Waals surface area contributed by atoms with Crippen LogP contribution in [0.3, 0.4) is 0 Å². The van der Waals surface area contributed by atoms with Gasteiger partial charge in [0.15, 0.2) is 0 Å². The van der Waals surface area contributed by atoms with E-state index in [4.69, 9.17) is 0 Å². The van der Waals surface area contributed by atoms with Crippen molar-refractivity contribution in [2.45, 2.75) is 45.1 Å². The first-order valence-electron chi connectivity index (χ1n) is 5.43. The number of hydrogen-bond donors (Lipinski definition) is 0. The van der Waals surface area contributed by atoms with E-state index in [0.29, 0.717) is 0 Å². The normalized spacial score (nSPS) is 29.5. The summed E-state index contributed by atoms with van der Waals surface area (Å²) in [6.07, 6.45) is 8.85. The van der Waals surface area contributed by atoms with Crippen LogP contribution in [0.4, 0.5) is 0 Å². The van der Waals surface area contributed by atoms with E-state index in [9.17, 15) is 0 Å². The van der Waals surface area contributed by atoms with Crippen molar-refractivity contribution in [1.29, 1.82) is 0 Å². The predicted octanol–water partition coefficient (Wildman–Crippen LogP) is 2.55. The second-order valence-electron chi connectivity index (χ2n) is 4.06. The van der Waals surface area contributed by atoms with E-state index in [1.54, 1.807) is 0 Å². The Hall–Kier alpha value is -0.530. The maximum Gasteiger partial charge on any atom is 0.0846 e. The van der Waals surface area contributed by atoms with Crippen LogP contribution < -0.4 is 0 Å². The Morgan fingerprint density at radius 3 is 2.69 bits per heavy atom. The molecular formula is C11H22N2. The van der Waals surface area contributed by atoms with Crippen molar-refractivity contribution in [3.05, 3.63) is 0 Å². The lowest BCUT2D eigenvalue weighted by atomic mass is 9.82. The molecule has 0 aromatic carbocycles. The standard InChI is InChI=1S/C11H22N2/c1-4-10-7-5-6-8-11(10)13(3)9-12-2/h9-11H,4-8H2,1-3H3/b12-9-. The lowest BCUT2D eigenvalue weighted by molar-refractivity contribution is 0.191. The Labute approximate surface area is 82.0 Å². The van der Waals surface area contributed by atoms with Gasteiger partial charge in [-0.1, -0.05) is 26.2 Å². The fourth-order valence-corrected chi connectivity index (χ4v) is 2.47. The molecular weight excluding hydrogens is 160 g/mol. The van der Waals surface area contributed by atoms with E-state index in [1.165, 1.54) is 32.1 Å². The predicted molar refractivity (Wildman–Crippen MR) is 58.2 cm³/mol. The zero-order valence-corrected chi connectivity index (χ0v) is 9.16. The molecule has 0 aromatic rings. The molecule has 1 fully saturated rings. The molecule has 76 valence electrons. The monoisotopic (exact) mass is 182 g/mol. The van der Waals surface area contributed by atoms with Crippen LogP contribution >= 0.6 is 0 Å². The summed E-state index contributed by atoms with van der Waals surface area (Å²) in [6, 6.07) is 0.738. The van der Waals surface area contributed by atoms with Gasteiger partial charge in [0.1, 0.15) is 0 Å². The SMILES string of the molecule is CCC1CCCCC1N(C)/C=N\C. The van der Waals surface area contributed by atoms with Gasteiger partial charge in [-0.25, -0.2) is 0 Å². The summed E-state index contributed by atoms with van der Waals surface area (Å²) in [5, 5.41) is 0. The van der Waals surface area contributed by atoms with E-state index in [0.717, 1.165) is 12.0 Å². The molecule has 2 unspecified atom stereocenters. The topological polar surface area (TPSA) is 15.6 Å². The summed E-state index contributed by atoms with van der Waals surface area (Å²) in [7, 11) is 4.01. The molecule has 0 spiro atoms. The summed E-state index contributed by atoms with van der Waals surface area (Å²) >= 11 is 0. The van der Waals surface area contributed by atoms with Crippen molar-refractivity contribution in [1.82, 2.24) is 4.90 Å². The van der Waals surface area contributed by atoms with Gasteiger partial charge in [-0.3, -0.25) is 4.99 Å². The van der Waals surface area contributed by atoms with Crippen molar-refractivity contribution in [3.8, 4) is 0 Å². The van der Waals surface area contributed by atoms with Crippen LogP contribution in [0, 0.1) is 5.92 Å². The van der Waals surface area contributed by atoms with Crippen LogP contribution in [0.5, 0.6) is 0 Å². The Morgan fingerprint density at radius 2 is 2.08 bits per heavy atom. The van der Waals surface area contributed by atoms with Crippen LogP contribution in [0.25, 0.3) is 0 Å². The van der Waals surface area contributed by atoms with E-state index < -0.39 is 0 Å². The molecule has 0 aromatic heterocycles. The molecule has 2 heteroatoms. The van der Waals surface area contributed by atoms with Crippen molar-refractivity contribution < 1.29 is 0 Å². The van der Waals surface area contributed by atoms with Crippen LogP contribution in [-0.2, 0) is 0 Å². The largest absolute Gasteiger partial charge is 0.363 e. The fraction of sp³-hybridized carbons (Fsp3) is 0.909. The molecule has 0 radical (unpaired) electrons. The highest BCUT2D eigenvalue weighted by molar-refractivity contribution is 5.54. The zero-order chi connectivity index (χ0) is 9.68. The Morgan fingerprint density at radius 1 is 1.38 bits per heavy atom. The second-order valence-corrected chi connectivity index (χ2v) is 4.06. The van der Waals surface area contributed by atoms with Crippen LogP contribution in [0.1, 0.15) is 39.0 Å². The van der Waals surface area contributed by atoms with Gasteiger partial charge < -0.3 is 4.90 Å². The van der Waals surface area contributed by atoms with Crippen LogP contribution in [0.2, 0.25) is 0 Å². The summed E-state index contributed by atoms with van der Waals surface area (Å²) in [5.41, 5.74) is 0. The molecule has 0 heterocycles. The molecule has 1 aliphatic carbocycles. The van der Waals surface area contributed by atoms with Crippen LogP contribution in [0.15, 0.2) is 4.99 Å². The van der Waals surface area contributed by atoms with Gasteiger partial charge in [-0.15, -0.1) is 0 Å². The van der Waals surface area contributed by atoms with E-state index >= 15 is 0 Å². The molecule has 1 aliphatic rings. The highest BCUT2D eigenvalue weighted by atomic mass is 15.2. The summed E-state index contributed by atoms with van der Waals surface area (Å²) in [5.74, 6) is 0.886. The summed E-state index contributed by atoms with van der Waals surface area (Å²) in [6.45, 7) is 2.31. The van der Waals surface area contributed by atoms with Crippen LogP contribution in [-0.4, -0.2) is 31.4 Å². The van der Waals surface area contributed by atoms with Crippen molar-refractivity contribution in [2.24, 2.45) is 10.9 Å². The molecule has 13 heavy (non-hydrogen) atoms. The molecule has 1 saturated carbocycles. The van der Waals surface area contributed by atoms with Gasteiger partial charge in [0.25, 0.3) is 0 Å². The molecule has 2 atom stereocenters. The zero-order valence-electron chi connectivity index (χ0n) is 9.16. The van der Waals surface area contributed by atoms with Gasteiger partial charge in [0, 0.05) is 20.1 Å². The Kier molecular flexibility index (Phi) is 4.26. The minimum atomic E-state index is 0.738. The Balaban J connectivity index is 2.52. The second kappa shape index (κ2) is 5.25. The van der Waals surface area contributed by atoms with Gasteiger partial charge in [-0.05, 0) is 18.8 Å². The quantitative estimate of drug-likeness (QED) is 0.484. The van der Waals surface area contributed by atoms with Gasteiger partial charge in [0.05, 0.1) is 6.34 Å². The van der Waals surface area contributed by atoms with E-state index in [2.05, 4.69) is 23.9 Å². The van der Waals surface area contributed by atoms with E-state index in [-0.39, 0.29) is 0 Å². The van der Waals surface area contributed by atoms with Crippen molar-refractivity contribution in [3.63, 3.8) is 0 Å². The molecule has 0 N–H and O–H groups in total. The van der Waals surface area contributed by atoms with Crippen molar-refractivity contribution in [2.75, 3.05) is 14.1 Å². The average Bonchev–Trinajstić information content (AvgIpc) is 2.18. The maximum absolute atomic E-state index is 4.08.